The van der Waals surface area contributed by atoms with Crippen LogP contribution < -0.4 is 24.8 Å². The van der Waals surface area contributed by atoms with Crippen LogP contribution >= 0.6 is 0 Å². The predicted molar refractivity (Wildman–Crippen MR) is 296 cm³/mol. The Kier molecular flexibility index (Phi) is 24.2. The van der Waals surface area contributed by atoms with Crippen molar-refractivity contribution in [3.05, 3.63) is 124 Å². The number of ether oxygens (including phenoxy) is 5. The van der Waals surface area contributed by atoms with Gasteiger partial charge in [-0.25, -0.2) is 18.0 Å². The average Bonchev–Trinajstić information content (AvgIpc) is 3.45. The number of aliphatic hydroxyl groups is 2. The molecule has 1 aliphatic heterocycles. The Morgan fingerprint density at radius 2 is 1.59 bits per heavy atom. The normalized spacial score (nSPS) is 15.2. The fourth-order valence-corrected chi connectivity index (χ4v) is 10.6. The zero-order valence-electron chi connectivity index (χ0n) is 46.7. The summed E-state index contributed by atoms with van der Waals surface area (Å²) >= 11 is 0. The van der Waals surface area contributed by atoms with E-state index in [1.807, 2.05) is 19.1 Å². The van der Waals surface area contributed by atoms with Gasteiger partial charge in [-0.3, -0.25) is 24.5 Å². The van der Waals surface area contributed by atoms with Gasteiger partial charge in [-0.15, -0.1) is 0 Å². The summed E-state index contributed by atoms with van der Waals surface area (Å²) in [5, 5.41) is 38.4. The number of alkyl carbamates (subject to hydrolysis) is 1. The first-order valence-corrected chi connectivity index (χ1v) is 28.3. The van der Waals surface area contributed by atoms with E-state index in [0.29, 0.717) is 66.9 Å². The number of aliphatic hydroxyl groups excluding tert-OH is 2. The molecule has 4 aromatic rings. The Bertz CT molecular complexity index is 2810. The van der Waals surface area contributed by atoms with Crippen LogP contribution in [0, 0.1) is 21.4 Å². The maximum atomic E-state index is 14.1. The number of nitro benzene ring substituents is 1. The van der Waals surface area contributed by atoms with E-state index in [-0.39, 0.29) is 62.0 Å². The van der Waals surface area contributed by atoms with Gasteiger partial charge in [-0.1, -0.05) is 83.1 Å². The molecule has 0 saturated carbocycles. The highest BCUT2D eigenvalue weighted by Gasteiger charge is 2.41. The molecule has 436 valence electrons. The first-order valence-electron chi connectivity index (χ1n) is 26.9. The lowest BCUT2D eigenvalue weighted by Crippen LogP contribution is -2.53. The van der Waals surface area contributed by atoms with Crippen LogP contribution in [-0.2, 0) is 51.5 Å². The van der Waals surface area contributed by atoms with Crippen LogP contribution in [0.2, 0.25) is 0 Å². The van der Waals surface area contributed by atoms with E-state index >= 15 is 0 Å². The van der Waals surface area contributed by atoms with E-state index in [1.165, 1.54) is 12.0 Å². The maximum absolute atomic E-state index is 14.1. The van der Waals surface area contributed by atoms with Crippen molar-refractivity contribution in [1.29, 1.82) is 0 Å². The van der Waals surface area contributed by atoms with Crippen molar-refractivity contribution in [2.75, 3.05) is 53.6 Å². The number of sulfonamides is 1. The van der Waals surface area contributed by atoms with Crippen molar-refractivity contribution >= 4 is 45.4 Å². The molecule has 22 heteroatoms. The molecule has 1 fully saturated rings. The number of amides is 3. The highest BCUT2D eigenvalue weighted by Crippen LogP contribution is 2.33. The fraction of sp³-hybridized carbons (Fsp3) is 0.500. The first kappa shape index (κ1) is 63.7. The zero-order chi connectivity index (χ0) is 58.6. The van der Waals surface area contributed by atoms with Crippen LogP contribution in [0.5, 0.6) is 17.2 Å². The molecular weight excluding hydrogens is 1050 g/mol. The average molecular weight is 1130 g/mol. The SMILES string of the molecule is CCC(C)(C)C(=O)C(=O)N1CCCC[C@H]1C(=O)O[C@H](CCc1ccc(OC)c(OC)c1)c1cccc(OCCNC(=O)CCC(CO)OC(=O)N[C@@H](Cc2ccccc2)[C@H](O)CN(CC(C)C)S(=O)(=O)c2ccc([N+](=O)[O-])cc2)c1. The molecule has 5 atom stereocenters. The fourth-order valence-electron chi connectivity index (χ4n) is 8.97. The molecular formula is C58H77N5O16S. The molecule has 3 amide bonds. The topological polar surface area (TPSA) is 280 Å². The number of ketones is 1. The summed E-state index contributed by atoms with van der Waals surface area (Å²) < 4.78 is 57.4. The molecule has 5 rings (SSSR count). The lowest BCUT2D eigenvalue weighted by Gasteiger charge is -2.36. The monoisotopic (exact) mass is 1130 g/mol. The van der Waals surface area contributed by atoms with Crippen molar-refractivity contribution in [3.63, 3.8) is 0 Å². The second-order valence-corrected chi connectivity index (χ2v) is 22.7. The summed E-state index contributed by atoms with van der Waals surface area (Å²) in [4.78, 5) is 79.1. The number of hydrogen-bond donors (Lipinski definition) is 4. The van der Waals surface area contributed by atoms with Crippen LogP contribution in [0.15, 0.2) is 102 Å². The number of carbonyl (C=O) groups excluding carboxylic acids is 5. The number of aryl methyl sites for hydroxylation is 1. The number of hydrogen-bond acceptors (Lipinski definition) is 16. The van der Waals surface area contributed by atoms with Crippen LogP contribution in [0.3, 0.4) is 0 Å². The van der Waals surface area contributed by atoms with E-state index in [2.05, 4.69) is 10.6 Å². The van der Waals surface area contributed by atoms with E-state index in [1.54, 1.807) is 95.5 Å². The van der Waals surface area contributed by atoms with E-state index in [4.69, 9.17) is 23.7 Å². The van der Waals surface area contributed by atoms with Crippen LogP contribution in [0.25, 0.3) is 0 Å². The molecule has 4 aromatic carbocycles. The number of nitrogens with zero attached hydrogens (tertiary/aromatic N) is 3. The van der Waals surface area contributed by atoms with Gasteiger partial charge in [0.05, 0.1) is 49.3 Å². The summed E-state index contributed by atoms with van der Waals surface area (Å²) in [5.41, 5.74) is 1.01. The van der Waals surface area contributed by atoms with Crippen molar-refractivity contribution < 1.29 is 71.2 Å². The molecule has 1 unspecified atom stereocenters. The lowest BCUT2D eigenvalue weighted by atomic mass is 9.84. The van der Waals surface area contributed by atoms with Gasteiger partial charge < -0.3 is 49.4 Å². The molecule has 1 aliphatic rings. The molecule has 1 heterocycles. The molecule has 0 aromatic heterocycles. The van der Waals surface area contributed by atoms with E-state index < -0.39 is 93.6 Å². The summed E-state index contributed by atoms with van der Waals surface area (Å²) in [5.74, 6) is -0.987. The Balaban J connectivity index is 1.19. The Hall–Kier alpha value is -7.14. The Labute approximate surface area is 468 Å². The molecule has 0 radical (unpaired) electrons. The van der Waals surface area contributed by atoms with Crippen molar-refractivity contribution in [1.82, 2.24) is 19.8 Å². The minimum atomic E-state index is -4.27. The number of nitrogens with one attached hydrogen (secondary N) is 2. The van der Waals surface area contributed by atoms with Gasteiger partial charge in [-0.2, -0.15) is 4.31 Å². The van der Waals surface area contributed by atoms with Crippen LogP contribution in [0.4, 0.5) is 10.5 Å². The highest BCUT2D eigenvalue weighted by molar-refractivity contribution is 7.89. The number of methoxy groups -OCH3 is 2. The van der Waals surface area contributed by atoms with Gasteiger partial charge in [0.25, 0.3) is 11.6 Å². The third kappa shape index (κ3) is 18.5. The summed E-state index contributed by atoms with van der Waals surface area (Å²) in [6, 6.07) is 23.7. The van der Waals surface area contributed by atoms with Gasteiger partial charge in [0.1, 0.15) is 30.6 Å². The summed E-state index contributed by atoms with van der Waals surface area (Å²) in [6.07, 6.45) is -1.72. The molecule has 80 heavy (non-hydrogen) atoms. The number of carbonyl (C=O) groups is 5. The number of Topliss-reactive ketones (excluding diaryl/α,β-unsaturated/α-hetero) is 1. The third-order valence-corrected chi connectivity index (χ3v) is 15.8. The van der Waals surface area contributed by atoms with Crippen molar-refractivity contribution in [2.45, 2.75) is 128 Å². The maximum Gasteiger partial charge on any atom is 0.407 e. The Morgan fingerprint density at radius 1 is 0.875 bits per heavy atom. The standard InChI is InChI=1S/C58H77N5O16S/c1-8-58(4,5)54(67)55(68)62-31-13-12-19-48(62)56(69)79-50(27-20-41-21-28-51(75-6)52(34-41)76-7)42-17-14-18-44(35-42)77-32-30-59-53(66)29-24-45(38-64)78-57(70)60-47(33-40-15-10-9-11-16-40)49(65)37-61(36-39(2)3)80(73,74)46-25-22-43(23-26-46)63(71)72/h9-11,14-18,21-23,25-26,28,34-35,39,45,47-50,64-65H,8,12-13,19-20,24,27,29-33,36-38H2,1-7H3,(H,59,66)(H,60,70)/t45?,47-,48-,49+,50+/m0/s1. The number of non-ortho nitro benzene ring substituents is 1. The third-order valence-electron chi connectivity index (χ3n) is 13.9. The van der Waals surface area contributed by atoms with Gasteiger partial charge in [0.15, 0.2) is 11.5 Å². The Morgan fingerprint density at radius 3 is 2.24 bits per heavy atom. The molecule has 1 saturated heterocycles. The molecule has 0 bridgehead atoms. The van der Waals surface area contributed by atoms with Crippen molar-refractivity contribution in [2.24, 2.45) is 11.3 Å². The lowest BCUT2D eigenvalue weighted by molar-refractivity contribution is -0.384. The largest absolute Gasteiger partial charge is 0.493 e. The summed E-state index contributed by atoms with van der Waals surface area (Å²) in [6.45, 7) is 8.07. The smallest absolute Gasteiger partial charge is 0.407 e. The van der Waals surface area contributed by atoms with Crippen LogP contribution in [-0.4, -0.2) is 140 Å². The first-order chi connectivity index (χ1) is 38.1. The van der Waals surface area contributed by atoms with Gasteiger partial charge in [0.2, 0.25) is 21.7 Å². The number of nitro groups is 1. The predicted octanol–water partition coefficient (Wildman–Crippen LogP) is 6.90. The van der Waals surface area contributed by atoms with Crippen molar-refractivity contribution in [3.8, 4) is 17.2 Å². The quantitative estimate of drug-likeness (QED) is 0.0131. The second-order valence-electron chi connectivity index (χ2n) is 20.7. The van der Waals surface area contributed by atoms with Gasteiger partial charge in [-0.05, 0) is 110 Å². The number of esters is 1. The highest BCUT2D eigenvalue weighted by atomic mass is 32.2. The van der Waals surface area contributed by atoms with E-state index in [0.717, 1.165) is 34.1 Å². The van der Waals surface area contributed by atoms with E-state index in [9.17, 15) is 52.7 Å². The molecule has 0 spiro atoms. The van der Waals surface area contributed by atoms with Crippen LogP contribution in [0.1, 0.15) is 102 Å². The zero-order valence-corrected chi connectivity index (χ0v) is 47.5. The minimum Gasteiger partial charge on any atom is -0.493 e. The second kappa shape index (κ2) is 30.4. The molecule has 21 nitrogen and oxygen atoms in total. The number of rotatable bonds is 31. The van der Waals surface area contributed by atoms with Gasteiger partial charge >= 0.3 is 12.1 Å². The minimum absolute atomic E-state index is 0.0228. The van der Waals surface area contributed by atoms with Gasteiger partial charge in [0, 0.05) is 43.6 Å². The number of piperidine rings is 1. The number of likely N-dealkylation sites (tertiary alicyclic amines) is 1. The summed E-state index contributed by atoms with van der Waals surface area (Å²) in [7, 11) is -1.19. The molecule has 0 aliphatic carbocycles. The number of benzene rings is 4. The molecule has 4 N–H and O–H groups in total.